The fourth-order valence-electron chi connectivity index (χ4n) is 3.89. The van der Waals surface area contributed by atoms with E-state index in [9.17, 15) is 4.79 Å². The fraction of sp³-hybridized carbons (Fsp3) is 0.733. The molecule has 6 heteroatoms. The minimum absolute atomic E-state index is 0.0671. The number of piperidine rings is 1. The van der Waals surface area contributed by atoms with Crippen LogP contribution in [0.4, 0.5) is 0 Å². The highest BCUT2D eigenvalue weighted by Gasteiger charge is 2.35. The summed E-state index contributed by atoms with van der Waals surface area (Å²) in [6.45, 7) is 3.90. The first-order valence-corrected chi connectivity index (χ1v) is 8.47. The molecule has 1 saturated heterocycles. The number of aromatic nitrogens is 2. The van der Waals surface area contributed by atoms with Crippen molar-refractivity contribution in [1.29, 1.82) is 0 Å². The van der Waals surface area contributed by atoms with Gasteiger partial charge in [0, 0.05) is 12.6 Å². The lowest BCUT2D eigenvalue weighted by Crippen LogP contribution is -2.49. The first kappa shape index (κ1) is 15.3. The third kappa shape index (κ3) is 3.13. The van der Waals surface area contributed by atoms with Crippen molar-refractivity contribution >= 4 is 23.2 Å². The Hall–Kier alpha value is -0.580. The van der Waals surface area contributed by atoms with Crippen molar-refractivity contribution < 1.29 is 0 Å². The van der Waals surface area contributed by atoms with Crippen molar-refractivity contribution in [2.45, 2.75) is 51.7 Å². The quantitative estimate of drug-likeness (QED) is 0.834. The van der Waals surface area contributed by atoms with Crippen LogP contribution in [0.5, 0.6) is 0 Å². The van der Waals surface area contributed by atoms with Crippen LogP contribution in [0.15, 0.2) is 11.0 Å². The van der Waals surface area contributed by atoms with E-state index in [2.05, 4.69) is 16.9 Å². The van der Waals surface area contributed by atoms with Crippen LogP contribution < -0.4 is 5.56 Å². The molecule has 2 aliphatic rings. The zero-order chi connectivity index (χ0) is 15.0. The molecule has 0 unspecified atom stereocenters. The third-order valence-electron chi connectivity index (χ3n) is 4.95. The van der Waals surface area contributed by atoms with Crippen molar-refractivity contribution in [3.63, 3.8) is 0 Å². The average molecular weight is 330 g/mol. The minimum atomic E-state index is -0.296. The van der Waals surface area contributed by atoms with Crippen LogP contribution in [-0.2, 0) is 6.67 Å². The minimum Gasteiger partial charge on any atom is -0.281 e. The number of nitrogens with zero attached hydrogens (tertiary/aromatic N) is 3. The van der Waals surface area contributed by atoms with Gasteiger partial charge in [-0.2, -0.15) is 5.10 Å². The van der Waals surface area contributed by atoms with Gasteiger partial charge >= 0.3 is 0 Å². The van der Waals surface area contributed by atoms with Gasteiger partial charge < -0.3 is 0 Å². The number of hydrogen-bond donors (Lipinski definition) is 0. The monoisotopic (exact) mass is 329 g/mol. The summed E-state index contributed by atoms with van der Waals surface area (Å²) >= 11 is 11.8. The number of likely N-dealkylation sites (tertiary alicyclic amines) is 1. The van der Waals surface area contributed by atoms with E-state index >= 15 is 0 Å². The zero-order valence-corrected chi connectivity index (χ0v) is 13.8. The van der Waals surface area contributed by atoms with Crippen molar-refractivity contribution in [2.75, 3.05) is 6.54 Å². The first-order valence-electron chi connectivity index (χ1n) is 7.71. The molecule has 1 aliphatic heterocycles. The predicted molar refractivity (Wildman–Crippen MR) is 84.8 cm³/mol. The van der Waals surface area contributed by atoms with Gasteiger partial charge in [0.2, 0.25) is 0 Å². The van der Waals surface area contributed by atoms with Crippen molar-refractivity contribution in [1.82, 2.24) is 14.7 Å². The molecule has 3 rings (SSSR count). The SMILES string of the molecule is C[C@@H]1CC[C@H]2[C@@H](CCCN2Cn2ncc(Cl)c(Cl)c2=O)C1. The smallest absolute Gasteiger partial charge is 0.281 e. The Labute approximate surface area is 135 Å². The molecular formula is C15H21Cl2N3O. The van der Waals surface area contributed by atoms with Gasteiger partial charge in [-0.1, -0.05) is 30.1 Å². The second-order valence-electron chi connectivity index (χ2n) is 6.45. The maximum atomic E-state index is 12.1. The molecule has 4 nitrogen and oxygen atoms in total. The van der Waals surface area contributed by atoms with Crippen LogP contribution >= 0.6 is 23.2 Å². The molecular weight excluding hydrogens is 309 g/mol. The number of rotatable bonds is 2. The highest BCUT2D eigenvalue weighted by Crippen LogP contribution is 2.37. The highest BCUT2D eigenvalue weighted by atomic mass is 35.5. The average Bonchev–Trinajstić information content (AvgIpc) is 2.48. The lowest BCUT2D eigenvalue weighted by Gasteiger charge is -2.45. The molecule has 1 aliphatic carbocycles. The van der Waals surface area contributed by atoms with E-state index in [4.69, 9.17) is 23.2 Å². The molecule has 21 heavy (non-hydrogen) atoms. The molecule has 2 fully saturated rings. The molecule has 0 aromatic carbocycles. The summed E-state index contributed by atoms with van der Waals surface area (Å²) in [4.78, 5) is 14.5. The van der Waals surface area contributed by atoms with Gasteiger partial charge in [-0.15, -0.1) is 0 Å². The largest absolute Gasteiger partial charge is 0.288 e. The summed E-state index contributed by atoms with van der Waals surface area (Å²) in [5.74, 6) is 1.60. The standard InChI is InChI=1S/C15H21Cl2N3O/c1-10-4-5-13-11(7-10)3-2-6-19(13)9-20-15(21)14(17)12(16)8-18-20/h8,10-11,13H,2-7,9H2,1H3/t10-,11+,13+/m1/s1. The second-order valence-corrected chi connectivity index (χ2v) is 7.24. The Bertz CT molecular complexity index is 575. The Morgan fingerprint density at radius 2 is 2.14 bits per heavy atom. The first-order chi connectivity index (χ1) is 10.1. The topological polar surface area (TPSA) is 38.1 Å². The number of fused-ring (bicyclic) bond motifs is 1. The highest BCUT2D eigenvalue weighted by molar-refractivity contribution is 6.41. The molecule has 0 radical (unpaired) electrons. The molecule has 1 saturated carbocycles. The van der Waals surface area contributed by atoms with Crippen LogP contribution in [0.2, 0.25) is 10.0 Å². The Morgan fingerprint density at radius 3 is 2.95 bits per heavy atom. The normalized spacial score (nSPS) is 30.1. The van der Waals surface area contributed by atoms with Crippen LogP contribution in [0.1, 0.15) is 39.0 Å². The Morgan fingerprint density at radius 1 is 1.33 bits per heavy atom. The lowest BCUT2D eigenvalue weighted by atomic mass is 9.74. The van der Waals surface area contributed by atoms with Gasteiger partial charge in [0.1, 0.15) is 5.02 Å². The van der Waals surface area contributed by atoms with Crippen LogP contribution in [0.25, 0.3) is 0 Å². The third-order valence-corrected chi connectivity index (χ3v) is 5.70. The summed E-state index contributed by atoms with van der Waals surface area (Å²) in [5, 5.41) is 4.42. The van der Waals surface area contributed by atoms with Gasteiger partial charge in [0.25, 0.3) is 5.56 Å². The van der Waals surface area contributed by atoms with Crippen molar-refractivity contribution in [3.8, 4) is 0 Å². The summed E-state index contributed by atoms with van der Waals surface area (Å²) in [6.07, 6.45) is 7.78. The van der Waals surface area contributed by atoms with Crippen molar-refractivity contribution in [2.24, 2.45) is 11.8 Å². The maximum absolute atomic E-state index is 12.1. The Balaban J connectivity index is 1.78. The van der Waals surface area contributed by atoms with Gasteiger partial charge in [0.15, 0.2) is 0 Å². The summed E-state index contributed by atoms with van der Waals surface area (Å²) < 4.78 is 1.44. The molecule has 3 atom stereocenters. The molecule has 0 bridgehead atoms. The van der Waals surface area contributed by atoms with Gasteiger partial charge in [-0.05, 0) is 43.9 Å². The van der Waals surface area contributed by atoms with Crippen LogP contribution in [0.3, 0.4) is 0 Å². The second kappa shape index (κ2) is 6.27. The van der Waals surface area contributed by atoms with Gasteiger partial charge in [0.05, 0.1) is 17.9 Å². The van der Waals surface area contributed by atoms with Gasteiger partial charge in [-0.25, -0.2) is 4.68 Å². The number of hydrogen-bond acceptors (Lipinski definition) is 3. The van der Waals surface area contributed by atoms with E-state index in [1.54, 1.807) is 0 Å². The summed E-state index contributed by atoms with van der Waals surface area (Å²) in [5.41, 5.74) is -0.296. The van der Waals surface area contributed by atoms with E-state index < -0.39 is 0 Å². The lowest BCUT2D eigenvalue weighted by molar-refractivity contribution is 0.0188. The zero-order valence-electron chi connectivity index (χ0n) is 12.3. The van der Waals surface area contributed by atoms with E-state index in [0.29, 0.717) is 12.7 Å². The van der Waals surface area contributed by atoms with E-state index in [0.717, 1.165) is 18.4 Å². The van der Waals surface area contributed by atoms with Crippen LogP contribution in [-0.4, -0.2) is 27.3 Å². The molecule has 0 spiro atoms. The summed E-state index contributed by atoms with van der Waals surface area (Å²) in [6, 6.07) is 0.582. The van der Waals surface area contributed by atoms with E-state index in [-0.39, 0.29) is 15.6 Å². The molecule has 2 heterocycles. The molecule has 116 valence electrons. The Kier molecular flexibility index (Phi) is 4.57. The fourth-order valence-corrected chi connectivity index (χ4v) is 4.16. The summed E-state index contributed by atoms with van der Waals surface area (Å²) in [7, 11) is 0. The van der Waals surface area contributed by atoms with Crippen LogP contribution in [0, 0.1) is 11.8 Å². The van der Waals surface area contributed by atoms with E-state index in [1.807, 2.05) is 0 Å². The van der Waals surface area contributed by atoms with Crippen molar-refractivity contribution in [3.05, 3.63) is 26.6 Å². The van der Waals surface area contributed by atoms with Gasteiger partial charge in [-0.3, -0.25) is 9.69 Å². The molecule has 1 aromatic heterocycles. The molecule has 0 amide bonds. The predicted octanol–water partition coefficient (Wildman–Crippen LogP) is 3.41. The maximum Gasteiger partial charge on any atom is 0.288 e. The molecule has 0 N–H and O–H groups in total. The molecule has 1 aromatic rings. The van der Waals surface area contributed by atoms with E-state index in [1.165, 1.54) is 43.0 Å². The number of halogens is 2.